The first-order valence-electron chi connectivity index (χ1n) is 16.5. The van der Waals surface area contributed by atoms with Gasteiger partial charge in [-0.05, 0) is 86.0 Å². The van der Waals surface area contributed by atoms with Crippen LogP contribution in [0.5, 0.6) is 0 Å². The van der Waals surface area contributed by atoms with Crippen molar-refractivity contribution >= 4 is 17.7 Å². The summed E-state index contributed by atoms with van der Waals surface area (Å²) in [6.45, 7) is 3.25. The molecule has 3 aromatic rings. The Kier molecular flexibility index (Phi) is 8.54. The standard InChI is InChI=1S/C34H39F3N6O4/c1-3-47-30(44)13-27(38-14-19-5-4-6-19)21-9-24-25(26(10-21)34(35,36)37)15-43(33(24)45)29-12-22(11-28(40-29)20-7-8-20)31(23-16-46-17-23)32-41-39-18-42(32)2/h9-12,18-20,23,27,31,38H,3-8,13-17H2,1-2H3/t27-,31?/m1/s1. The number of carbonyl (C=O) groups excluding carboxylic acids is 2. The number of esters is 1. The number of amides is 1. The van der Waals surface area contributed by atoms with E-state index in [0.717, 1.165) is 55.3 Å². The number of benzene rings is 1. The fraction of sp³-hybridized carbons (Fsp3) is 0.559. The summed E-state index contributed by atoms with van der Waals surface area (Å²) >= 11 is 0. The minimum Gasteiger partial charge on any atom is -0.466 e. The first-order chi connectivity index (χ1) is 22.6. The van der Waals surface area contributed by atoms with Gasteiger partial charge in [-0.3, -0.25) is 14.5 Å². The van der Waals surface area contributed by atoms with E-state index in [1.54, 1.807) is 13.3 Å². The van der Waals surface area contributed by atoms with Gasteiger partial charge in [0.15, 0.2) is 0 Å². The third kappa shape index (κ3) is 6.39. The molecule has 2 aliphatic heterocycles. The number of hydrogen-bond donors (Lipinski definition) is 1. The summed E-state index contributed by atoms with van der Waals surface area (Å²) in [7, 11) is 1.87. The zero-order valence-corrected chi connectivity index (χ0v) is 26.6. The molecule has 10 nitrogen and oxygen atoms in total. The molecule has 0 bridgehead atoms. The van der Waals surface area contributed by atoms with Crippen LogP contribution in [0.25, 0.3) is 0 Å². The number of aromatic nitrogens is 4. The normalized spacial score (nSPS) is 19.7. The Balaban J connectivity index is 1.26. The lowest BCUT2D eigenvalue weighted by Crippen LogP contribution is -2.35. The summed E-state index contributed by atoms with van der Waals surface area (Å²) in [5.74, 6) is 0.600. The summed E-state index contributed by atoms with van der Waals surface area (Å²) in [5, 5.41) is 11.8. The second-order valence-electron chi connectivity index (χ2n) is 13.3. The average Bonchev–Trinajstić information content (AvgIpc) is 3.67. The number of ether oxygens (including phenoxy) is 2. The van der Waals surface area contributed by atoms with Crippen LogP contribution < -0.4 is 10.2 Å². The average molecular weight is 653 g/mol. The summed E-state index contributed by atoms with van der Waals surface area (Å²) < 4.78 is 56.6. The minimum absolute atomic E-state index is 0.0217. The van der Waals surface area contributed by atoms with Crippen molar-refractivity contribution in [3.05, 3.63) is 69.9 Å². The molecule has 0 spiro atoms. The largest absolute Gasteiger partial charge is 0.466 e. The molecular weight excluding hydrogens is 613 g/mol. The number of aryl methyl sites for hydroxylation is 1. The van der Waals surface area contributed by atoms with Gasteiger partial charge in [0.2, 0.25) is 0 Å². The quantitative estimate of drug-likeness (QED) is 0.258. The third-order valence-corrected chi connectivity index (χ3v) is 9.97. The summed E-state index contributed by atoms with van der Waals surface area (Å²) in [5.41, 5.74) is 0.967. The molecule has 13 heteroatoms. The van der Waals surface area contributed by atoms with Crippen molar-refractivity contribution in [2.24, 2.45) is 18.9 Å². The molecule has 0 radical (unpaired) electrons. The van der Waals surface area contributed by atoms with Crippen molar-refractivity contribution in [3.8, 4) is 0 Å². The summed E-state index contributed by atoms with van der Waals surface area (Å²) in [6, 6.07) is 5.73. The predicted octanol–water partition coefficient (Wildman–Crippen LogP) is 5.43. The number of pyridine rings is 1. The minimum atomic E-state index is -4.71. The van der Waals surface area contributed by atoms with E-state index in [1.807, 2.05) is 23.7 Å². The molecule has 1 amide bonds. The number of halogens is 3. The van der Waals surface area contributed by atoms with E-state index in [9.17, 15) is 22.8 Å². The number of nitrogens with one attached hydrogen (secondary N) is 1. The van der Waals surface area contributed by atoms with Crippen molar-refractivity contribution in [3.63, 3.8) is 0 Å². The highest BCUT2D eigenvalue weighted by molar-refractivity contribution is 6.10. The number of fused-ring (bicyclic) bond motifs is 1. The van der Waals surface area contributed by atoms with E-state index >= 15 is 0 Å². The van der Waals surface area contributed by atoms with Gasteiger partial charge in [-0.15, -0.1) is 10.2 Å². The monoisotopic (exact) mass is 652 g/mol. The van der Waals surface area contributed by atoms with Crippen molar-refractivity contribution in [1.29, 1.82) is 0 Å². The molecule has 4 heterocycles. The Hall–Kier alpha value is -3.84. The van der Waals surface area contributed by atoms with Crippen molar-refractivity contribution in [2.45, 2.75) is 76.0 Å². The lowest BCUT2D eigenvalue weighted by atomic mass is 9.83. The molecule has 1 aromatic carbocycles. The zero-order chi connectivity index (χ0) is 32.9. The molecule has 2 saturated carbocycles. The molecule has 4 aliphatic rings. The van der Waals surface area contributed by atoms with Gasteiger partial charge in [-0.1, -0.05) is 6.42 Å². The molecule has 7 rings (SSSR count). The second kappa shape index (κ2) is 12.6. The van der Waals surface area contributed by atoms with E-state index in [2.05, 4.69) is 15.5 Å². The molecule has 2 aromatic heterocycles. The maximum atomic E-state index is 14.7. The number of alkyl halides is 3. The summed E-state index contributed by atoms with van der Waals surface area (Å²) in [4.78, 5) is 32.9. The molecule has 47 heavy (non-hydrogen) atoms. The fourth-order valence-corrected chi connectivity index (χ4v) is 6.89. The Labute approximate surface area is 271 Å². The predicted molar refractivity (Wildman–Crippen MR) is 165 cm³/mol. The number of rotatable bonds is 12. The van der Waals surface area contributed by atoms with E-state index in [1.165, 1.54) is 11.0 Å². The summed E-state index contributed by atoms with van der Waals surface area (Å²) in [6.07, 6.45) is 1.88. The lowest BCUT2D eigenvalue weighted by Gasteiger charge is -2.34. The Morgan fingerprint density at radius 1 is 1.13 bits per heavy atom. The van der Waals surface area contributed by atoms with Crippen molar-refractivity contribution in [1.82, 2.24) is 25.1 Å². The first kappa shape index (κ1) is 31.7. The topological polar surface area (TPSA) is 111 Å². The molecule has 3 fully saturated rings. The molecule has 2 aliphatic carbocycles. The van der Waals surface area contributed by atoms with Gasteiger partial charge in [0.05, 0.1) is 44.3 Å². The van der Waals surface area contributed by atoms with Crippen LogP contribution in [0.3, 0.4) is 0 Å². The number of carbonyl (C=O) groups is 2. The van der Waals surface area contributed by atoms with E-state index in [4.69, 9.17) is 14.5 Å². The highest BCUT2D eigenvalue weighted by Gasteiger charge is 2.43. The Morgan fingerprint density at radius 2 is 1.91 bits per heavy atom. The van der Waals surface area contributed by atoms with Crippen LogP contribution in [0.1, 0.15) is 107 Å². The van der Waals surface area contributed by atoms with E-state index in [0.29, 0.717) is 31.5 Å². The first-order valence-corrected chi connectivity index (χ1v) is 16.5. The van der Waals surface area contributed by atoms with Crippen LogP contribution in [0.4, 0.5) is 19.0 Å². The number of anilines is 1. The third-order valence-electron chi connectivity index (χ3n) is 9.97. The highest BCUT2D eigenvalue weighted by atomic mass is 19.4. The molecule has 1 unspecified atom stereocenters. The van der Waals surface area contributed by atoms with Gasteiger partial charge < -0.3 is 19.4 Å². The second-order valence-corrected chi connectivity index (χ2v) is 13.3. The van der Waals surface area contributed by atoms with Gasteiger partial charge in [0.25, 0.3) is 5.91 Å². The molecular formula is C34H39F3N6O4. The molecule has 250 valence electrons. The van der Waals surface area contributed by atoms with Gasteiger partial charge in [0, 0.05) is 36.2 Å². The molecule has 1 saturated heterocycles. The lowest BCUT2D eigenvalue weighted by molar-refractivity contribution is -0.143. The van der Waals surface area contributed by atoms with Crippen LogP contribution in [-0.2, 0) is 34.0 Å². The van der Waals surface area contributed by atoms with Crippen LogP contribution >= 0.6 is 0 Å². The maximum Gasteiger partial charge on any atom is 0.416 e. The van der Waals surface area contributed by atoms with Crippen LogP contribution in [0.2, 0.25) is 0 Å². The SMILES string of the molecule is CCOC(=O)C[C@@H](NCC1CCC1)c1cc2c(c(C(F)(F)F)c1)CN(c1cc(C(c3nncn3C)C3COC3)cc(C3CC3)n1)C2=O. The van der Waals surface area contributed by atoms with Crippen molar-refractivity contribution in [2.75, 3.05) is 31.3 Å². The van der Waals surface area contributed by atoms with E-state index < -0.39 is 29.7 Å². The van der Waals surface area contributed by atoms with Crippen LogP contribution in [0, 0.1) is 11.8 Å². The van der Waals surface area contributed by atoms with Crippen LogP contribution in [0.15, 0.2) is 30.6 Å². The van der Waals surface area contributed by atoms with Gasteiger partial charge >= 0.3 is 12.1 Å². The number of hydrogen-bond acceptors (Lipinski definition) is 8. The van der Waals surface area contributed by atoms with E-state index in [-0.39, 0.29) is 54.0 Å². The molecule has 1 N–H and O–H groups in total. The van der Waals surface area contributed by atoms with Crippen molar-refractivity contribution < 1.29 is 32.2 Å². The maximum absolute atomic E-state index is 14.7. The highest BCUT2D eigenvalue weighted by Crippen LogP contribution is 2.45. The van der Waals surface area contributed by atoms with Gasteiger partial charge in [0.1, 0.15) is 18.0 Å². The smallest absolute Gasteiger partial charge is 0.416 e. The Bertz CT molecular complexity index is 1660. The number of nitrogens with zero attached hydrogens (tertiary/aromatic N) is 5. The Morgan fingerprint density at radius 3 is 2.51 bits per heavy atom. The zero-order valence-electron chi connectivity index (χ0n) is 26.6. The van der Waals surface area contributed by atoms with Crippen LogP contribution in [-0.4, -0.2) is 58.0 Å². The fourth-order valence-electron chi connectivity index (χ4n) is 6.89. The van der Waals surface area contributed by atoms with Gasteiger partial charge in [-0.25, -0.2) is 4.98 Å². The van der Waals surface area contributed by atoms with Gasteiger partial charge in [-0.2, -0.15) is 13.2 Å². The molecule has 2 atom stereocenters.